The van der Waals surface area contributed by atoms with Crippen molar-refractivity contribution in [1.82, 2.24) is 4.98 Å². The predicted octanol–water partition coefficient (Wildman–Crippen LogP) is 4.04. The third-order valence-corrected chi connectivity index (χ3v) is 3.36. The number of aryl methyl sites for hydroxylation is 1. The van der Waals surface area contributed by atoms with Crippen molar-refractivity contribution >= 4 is 28.9 Å². The van der Waals surface area contributed by atoms with Crippen LogP contribution < -0.4 is 10.6 Å². The fourth-order valence-electron chi connectivity index (χ4n) is 1.88. The molecule has 4 nitrogen and oxygen atoms in total. The van der Waals surface area contributed by atoms with Gasteiger partial charge in [-0.05, 0) is 24.6 Å². The van der Waals surface area contributed by atoms with Crippen molar-refractivity contribution in [3.8, 4) is 0 Å². The third kappa shape index (κ3) is 4.14. The molecule has 0 aliphatic carbocycles. The van der Waals surface area contributed by atoms with E-state index in [1.807, 2.05) is 6.92 Å². The Morgan fingerprint density at radius 3 is 2.38 bits per heavy atom. The zero-order valence-electron chi connectivity index (χ0n) is 12.4. The molecule has 0 fully saturated rings. The second-order valence-electron chi connectivity index (χ2n) is 4.90. The number of halogens is 5. The first-order valence-electron chi connectivity index (χ1n) is 6.79. The first kappa shape index (κ1) is 18.0. The Labute approximate surface area is 139 Å². The smallest absolute Gasteiger partial charge is 0.253 e. The van der Waals surface area contributed by atoms with E-state index < -0.39 is 35.1 Å². The molecule has 2 aromatic rings. The van der Waals surface area contributed by atoms with Gasteiger partial charge in [-0.1, -0.05) is 17.7 Å². The molecule has 0 aliphatic heterocycles. The Bertz CT molecular complexity index is 760. The van der Waals surface area contributed by atoms with Gasteiger partial charge < -0.3 is 10.6 Å². The van der Waals surface area contributed by atoms with Crippen LogP contribution in [0.4, 0.5) is 28.9 Å². The molecular weight excluding hydrogens is 350 g/mol. The molecular formula is C15H12ClF4N3O. The van der Waals surface area contributed by atoms with Gasteiger partial charge in [-0.15, -0.1) is 0 Å². The normalized spacial score (nSPS) is 10.6. The molecule has 24 heavy (non-hydrogen) atoms. The molecule has 0 atom stereocenters. The molecule has 0 bridgehead atoms. The first-order valence-corrected chi connectivity index (χ1v) is 7.17. The Balaban J connectivity index is 1.96. The standard InChI is InChI=1S/C15H12ClF4N3O/c1-7-2-3-9(8(16)6-7)22-10(24)4-5-21-13-11(17)14(19)23-15(20)12(13)18/h2-3,6H,4-5H2,1H3,(H,21,23)(H,22,24). The molecule has 9 heteroatoms. The SMILES string of the molecule is Cc1ccc(NC(=O)CCNc2c(F)c(F)nc(F)c2F)c(Cl)c1. The number of carbonyl (C=O) groups excluding carboxylic acids is 1. The van der Waals surface area contributed by atoms with E-state index in [2.05, 4.69) is 15.6 Å². The minimum atomic E-state index is -1.77. The molecule has 0 unspecified atom stereocenters. The lowest BCUT2D eigenvalue weighted by Crippen LogP contribution is -2.18. The number of nitrogens with zero attached hydrogens (tertiary/aromatic N) is 1. The molecule has 1 amide bonds. The highest BCUT2D eigenvalue weighted by molar-refractivity contribution is 6.33. The molecule has 0 radical (unpaired) electrons. The average molecular weight is 362 g/mol. The summed E-state index contributed by atoms with van der Waals surface area (Å²) in [5, 5.41) is 5.00. The maximum Gasteiger partial charge on any atom is 0.253 e. The molecule has 2 N–H and O–H groups in total. The number of rotatable bonds is 5. The van der Waals surface area contributed by atoms with Crippen LogP contribution in [0, 0.1) is 30.5 Å². The molecule has 2 rings (SSSR count). The highest BCUT2D eigenvalue weighted by Crippen LogP contribution is 2.23. The maximum absolute atomic E-state index is 13.4. The van der Waals surface area contributed by atoms with Gasteiger partial charge in [0.05, 0.1) is 10.7 Å². The van der Waals surface area contributed by atoms with Gasteiger partial charge in [0.1, 0.15) is 5.69 Å². The molecule has 128 valence electrons. The monoisotopic (exact) mass is 361 g/mol. The van der Waals surface area contributed by atoms with Crippen LogP contribution >= 0.6 is 11.6 Å². The summed E-state index contributed by atoms with van der Waals surface area (Å²) in [6.07, 6.45) is -0.214. The quantitative estimate of drug-likeness (QED) is 0.624. The van der Waals surface area contributed by atoms with Crippen LogP contribution in [-0.2, 0) is 4.79 Å². The minimum absolute atomic E-state index is 0.214. The van der Waals surface area contributed by atoms with Crippen molar-refractivity contribution in [2.24, 2.45) is 0 Å². The Morgan fingerprint density at radius 1 is 1.17 bits per heavy atom. The second kappa shape index (κ2) is 7.48. The first-order chi connectivity index (χ1) is 11.3. The van der Waals surface area contributed by atoms with E-state index in [1.165, 1.54) is 0 Å². The molecule has 1 heterocycles. The summed E-state index contributed by atoms with van der Waals surface area (Å²) in [4.78, 5) is 14.2. The van der Waals surface area contributed by atoms with Crippen molar-refractivity contribution < 1.29 is 22.4 Å². The van der Waals surface area contributed by atoms with Crippen LogP contribution in [0.15, 0.2) is 18.2 Å². The summed E-state index contributed by atoms with van der Waals surface area (Å²) in [6, 6.07) is 5.01. The van der Waals surface area contributed by atoms with E-state index >= 15 is 0 Å². The van der Waals surface area contributed by atoms with Gasteiger partial charge in [0.25, 0.3) is 11.9 Å². The van der Waals surface area contributed by atoms with E-state index in [0.717, 1.165) is 5.56 Å². The van der Waals surface area contributed by atoms with Gasteiger partial charge in [-0.3, -0.25) is 4.79 Å². The molecule has 0 saturated heterocycles. The number of hydrogen-bond donors (Lipinski definition) is 2. The van der Waals surface area contributed by atoms with E-state index in [0.29, 0.717) is 10.7 Å². The number of amides is 1. The lowest BCUT2D eigenvalue weighted by molar-refractivity contribution is -0.115. The lowest BCUT2D eigenvalue weighted by atomic mass is 10.2. The summed E-state index contributed by atoms with van der Waals surface area (Å²) < 4.78 is 52.6. The van der Waals surface area contributed by atoms with Crippen LogP contribution in [0.25, 0.3) is 0 Å². The van der Waals surface area contributed by atoms with Crippen molar-refractivity contribution in [2.75, 3.05) is 17.2 Å². The van der Waals surface area contributed by atoms with E-state index in [-0.39, 0.29) is 13.0 Å². The van der Waals surface area contributed by atoms with Gasteiger partial charge >= 0.3 is 0 Å². The highest BCUT2D eigenvalue weighted by atomic mass is 35.5. The highest BCUT2D eigenvalue weighted by Gasteiger charge is 2.20. The third-order valence-electron chi connectivity index (χ3n) is 3.05. The summed E-state index contributed by atoms with van der Waals surface area (Å²) >= 11 is 5.96. The fourth-order valence-corrected chi connectivity index (χ4v) is 2.16. The number of carbonyl (C=O) groups is 1. The molecule has 0 aliphatic rings. The van der Waals surface area contributed by atoms with E-state index in [1.54, 1.807) is 18.2 Å². The molecule has 1 aromatic carbocycles. The summed E-state index contributed by atoms with van der Waals surface area (Å²) in [5.74, 6) is -7.35. The number of pyridine rings is 1. The van der Waals surface area contributed by atoms with Crippen LogP contribution in [-0.4, -0.2) is 17.4 Å². The van der Waals surface area contributed by atoms with Gasteiger partial charge in [0.2, 0.25) is 17.5 Å². The van der Waals surface area contributed by atoms with Crippen LogP contribution in [0.5, 0.6) is 0 Å². The Morgan fingerprint density at radius 2 is 1.79 bits per heavy atom. The minimum Gasteiger partial charge on any atom is -0.379 e. The number of nitrogens with one attached hydrogen (secondary N) is 2. The number of hydrogen-bond acceptors (Lipinski definition) is 3. The topological polar surface area (TPSA) is 54.0 Å². The zero-order valence-corrected chi connectivity index (χ0v) is 13.1. The van der Waals surface area contributed by atoms with Gasteiger partial charge in [0.15, 0.2) is 0 Å². The second-order valence-corrected chi connectivity index (χ2v) is 5.31. The van der Waals surface area contributed by atoms with Crippen LogP contribution in [0.2, 0.25) is 5.02 Å². The Hall–Kier alpha value is -2.35. The van der Waals surface area contributed by atoms with Crippen molar-refractivity contribution in [2.45, 2.75) is 13.3 Å². The summed E-state index contributed by atoms with van der Waals surface area (Å²) in [5.41, 5.74) is 0.277. The van der Waals surface area contributed by atoms with Gasteiger partial charge in [0, 0.05) is 13.0 Å². The summed E-state index contributed by atoms with van der Waals surface area (Å²) in [7, 11) is 0. The maximum atomic E-state index is 13.4. The zero-order chi connectivity index (χ0) is 17.9. The van der Waals surface area contributed by atoms with Crippen LogP contribution in [0.3, 0.4) is 0 Å². The average Bonchev–Trinajstić information content (AvgIpc) is 2.51. The predicted molar refractivity (Wildman–Crippen MR) is 82.0 cm³/mol. The van der Waals surface area contributed by atoms with Crippen molar-refractivity contribution in [1.29, 1.82) is 0 Å². The Kier molecular flexibility index (Phi) is 5.61. The molecule has 1 aromatic heterocycles. The number of aromatic nitrogens is 1. The fraction of sp³-hybridized carbons (Fsp3) is 0.200. The molecule has 0 saturated carbocycles. The lowest BCUT2D eigenvalue weighted by Gasteiger charge is -2.10. The number of benzene rings is 1. The van der Waals surface area contributed by atoms with Gasteiger partial charge in [-0.2, -0.15) is 22.5 Å². The van der Waals surface area contributed by atoms with Crippen molar-refractivity contribution in [3.63, 3.8) is 0 Å². The van der Waals surface area contributed by atoms with Gasteiger partial charge in [-0.25, -0.2) is 0 Å². The number of anilines is 2. The summed E-state index contributed by atoms with van der Waals surface area (Å²) in [6.45, 7) is 1.57. The van der Waals surface area contributed by atoms with Crippen LogP contribution in [0.1, 0.15) is 12.0 Å². The van der Waals surface area contributed by atoms with E-state index in [9.17, 15) is 22.4 Å². The van der Waals surface area contributed by atoms with Crippen molar-refractivity contribution in [3.05, 3.63) is 52.3 Å². The van der Waals surface area contributed by atoms with E-state index in [4.69, 9.17) is 11.6 Å². The molecule has 0 spiro atoms. The largest absolute Gasteiger partial charge is 0.379 e.